The minimum absolute atomic E-state index is 0.143. The Bertz CT molecular complexity index is 156. The normalized spacial score (nSPS) is 24.4. The van der Waals surface area contributed by atoms with Crippen LogP contribution in [-0.4, -0.2) is 5.54 Å². The number of nitrogens with one attached hydrogen (secondary N) is 2. The molecule has 0 aromatic heterocycles. The highest BCUT2D eigenvalue weighted by molar-refractivity contribution is 5.24. The van der Waals surface area contributed by atoms with Crippen LogP contribution in [0.1, 0.15) is 27.7 Å². The average molecular weight is 126 g/mol. The molecule has 1 aliphatic rings. The maximum Gasteiger partial charge on any atom is 0.0540 e. The third kappa shape index (κ3) is 0.944. The summed E-state index contributed by atoms with van der Waals surface area (Å²) in [6.07, 6.45) is 0. The fourth-order valence-corrected chi connectivity index (χ4v) is 0.906. The lowest BCUT2D eigenvalue weighted by atomic mass is 9.97. The highest BCUT2D eigenvalue weighted by atomic mass is 15.4. The third-order valence-electron chi connectivity index (χ3n) is 2.06. The summed E-state index contributed by atoms with van der Waals surface area (Å²) in [5, 5.41) is 0. The van der Waals surface area contributed by atoms with E-state index < -0.39 is 0 Å². The SMILES string of the molecule is CC1=C(C)C(C)(C)NN1. The molecular formula is C7H14N2. The molecule has 2 N–H and O–H groups in total. The van der Waals surface area contributed by atoms with Crippen LogP contribution in [0, 0.1) is 0 Å². The van der Waals surface area contributed by atoms with E-state index in [0.717, 1.165) is 0 Å². The fourth-order valence-electron chi connectivity index (χ4n) is 0.906. The summed E-state index contributed by atoms with van der Waals surface area (Å²) < 4.78 is 0. The molecule has 1 rings (SSSR count). The van der Waals surface area contributed by atoms with Gasteiger partial charge in [-0.1, -0.05) is 0 Å². The van der Waals surface area contributed by atoms with Crippen LogP contribution in [0.3, 0.4) is 0 Å². The molecule has 1 heterocycles. The molecule has 0 aliphatic carbocycles. The van der Waals surface area contributed by atoms with Gasteiger partial charge in [0.15, 0.2) is 0 Å². The van der Waals surface area contributed by atoms with E-state index in [1.807, 2.05) is 0 Å². The van der Waals surface area contributed by atoms with E-state index in [2.05, 4.69) is 38.5 Å². The van der Waals surface area contributed by atoms with E-state index >= 15 is 0 Å². The topological polar surface area (TPSA) is 24.1 Å². The van der Waals surface area contributed by atoms with E-state index in [1.165, 1.54) is 11.3 Å². The van der Waals surface area contributed by atoms with Crippen LogP contribution >= 0.6 is 0 Å². The molecule has 2 nitrogen and oxygen atoms in total. The smallest absolute Gasteiger partial charge is 0.0540 e. The van der Waals surface area contributed by atoms with Gasteiger partial charge in [0, 0.05) is 5.70 Å². The van der Waals surface area contributed by atoms with Crippen LogP contribution in [0.25, 0.3) is 0 Å². The second-order valence-corrected chi connectivity index (χ2v) is 3.12. The number of rotatable bonds is 0. The summed E-state index contributed by atoms with van der Waals surface area (Å²) in [7, 11) is 0. The van der Waals surface area contributed by atoms with E-state index in [4.69, 9.17) is 0 Å². The highest BCUT2D eigenvalue weighted by Crippen LogP contribution is 2.21. The molecule has 0 aromatic carbocycles. The van der Waals surface area contributed by atoms with Gasteiger partial charge >= 0.3 is 0 Å². The summed E-state index contributed by atoms with van der Waals surface area (Å²) in [4.78, 5) is 0. The predicted molar refractivity (Wildman–Crippen MR) is 38.7 cm³/mol. The summed E-state index contributed by atoms with van der Waals surface area (Å²) in [6, 6.07) is 0. The molecule has 2 heteroatoms. The molecule has 0 saturated carbocycles. The van der Waals surface area contributed by atoms with Gasteiger partial charge in [0.1, 0.15) is 0 Å². The largest absolute Gasteiger partial charge is 0.325 e. The number of hydrazine groups is 1. The fraction of sp³-hybridized carbons (Fsp3) is 0.714. The summed E-state index contributed by atoms with van der Waals surface area (Å²) in [5.41, 5.74) is 9.04. The summed E-state index contributed by atoms with van der Waals surface area (Å²) >= 11 is 0. The van der Waals surface area contributed by atoms with Crippen molar-refractivity contribution in [1.29, 1.82) is 0 Å². The molecular weight excluding hydrogens is 112 g/mol. The third-order valence-corrected chi connectivity index (χ3v) is 2.06. The van der Waals surface area contributed by atoms with Crippen LogP contribution < -0.4 is 10.9 Å². The Balaban J connectivity index is 2.88. The summed E-state index contributed by atoms with van der Waals surface area (Å²) in [5.74, 6) is 0. The van der Waals surface area contributed by atoms with Crippen LogP contribution in [0.5, 0.6) is 0 Å². The number of hydrogen-bond acceptors (Lipinski definition) is 2. The van der Waals surface area contributed by atoms with Gasteiger partial charge in [-0.25, -0.2) is 5.43 Å². The van der Waals surface area contributed by atoms with Crippen molar-refractivity contribution < 1.29 is 0 Å². The molecule has 0 aromatic rings. The van der Waals surface area contributed by atoms with Crippen molar-refractivity contribution in [2.24, 2.45) is 0 Å². The van der Waals surface area contributed by atoms with Crippen molar-refractivity contribution in [2.45, 2.75) is 33.2 Å². The van der Waals surface area contributed by atoms with Crippen LogP contribution in [-0.2, 0) is 0 Å². The van der Waals surface area contributed by atoms with Crippen molar-refractivity contribution in [1.82, 2.24) is 10.9 Å². The first-order valence-electron chi connectivity index (χ1n) is 3.25. The number of hydrogen-bond donors (Lipinski definition) is 2. The van der Waals surface area contributed by atoms with Crippen molar-refractivity contribution in [3.63, 3.8) is 0 Å². The van der Waals surface area contributed by atoms with Gasteiger partial charge in [0.25, 0.3) is 0 Å². The molecule has 9 heavy (non-hydrogen) atoms. The van der Waals surface area contributed by atoms with E-state index in [-0.39, 0.29) is 5.54 Å². The molecule has 1 aliphatic heterocycles. The van der Waals surface area contributed by atoms with E-state index in [0.29, 0.717) is 0 Å². The van der Waals surface area contributed by atoms with Crippen LogP contribution in [0.15, 0.2) is 11.3 Å². The van der Waals surface area contributed by atoms with Gasteiger partial charge in [-0.2, -0.15) is 0 Å². The Hall–Kier alpha value is -0.500. The maximum atomic E-state index is 3.17. The minimum atomic E-state index is 0.143. The van der Waals surface area contributed by atoms with Crippen molar-refractivity contribution in [3.8, 4) is 0 Å². The van der Waals surface area contributed by atoms with E-state index in [9.17, 15) is 0 Å². The van der Waals surface area contributed by atoms with Crippen LogP contribution in [0.4, 0.5) is 0 Å². The average Bonchev–Trinajstić information content (AvgIpc) is 1.97. The Kier molecular flexibility index (Phi) is 1.28. The molecule has 0 fully saturated rings. The van der Waals surface area contributed by atoms with Gasteiger partial charge in [-0.3, -0.25) is 0 Å². The Morgan fingerprint density at radius 1 is 1.22 bits per heavy atom. The van der Waals surface area contributed by atoms with Gasteiger partial charge < -0.3 is 5.43 Å². The zero-order valence-corrected chi connectivity index (χ0v) is 6.50. The molecule has 0 saturated heterocycles. The lowest BCUT2D eigenvalue weighted by molar-refractivity contribution is 0.454. The quantitative estimate of drug-likeness (QED) is 0.509. The molecule has 0 spiro atoms. The molecule has 0 atom stereocenters. The standard InChI is InChI=1S/C7H14N2/c1-5-6(2)8-9-7(5,3)4/h8-9H,1-4H3. The lowest BCUT2D eigenvalue weighted by Crippen LogP contribution is -2.40. The second kappa shape index (κ2) is 1.74. The highest BCUT2D eigenvalue weighted by Gasteiger charge is 2.26. The summed E-state index contributed by atoms with van der Waals surface area (Å²) in [6.45, 7) is 8.54. The first kappa shape index (κ1) is 6.62. The predicted octanol–water partition coefficient (Wildman–Crippen LogP) is 1.17. The zero-order chi connectivity index (χ0) is 7.07. The first-order chi connectivity index (χ1) is 4.04. The molecule has 0 bridgehead atoms. The number of allylic oxidation sites excluding steroid dienone is 1. The molecule has 0 unspecified atom stereocenters. The Morgan fingerprint density at radius 3 is 1.89 bits per heavy atom. The van der Waals surface area contributed by atoms with Crippen molar-refractivity contribution in [2.75, 3.05) is 0 Å². The first-order valence-corrected chi connectivity index (χ1v) is 3.25. The molecule has 0 radical (unpaired) electrons. The van der Waals surface area contributed by atoms with Crippen LogP contribution in [0.2, 0.25) is 0 Å². The lowest BCUT2D eigenvalue weighted by Gasteiger charge is -2.18. The van der Waals surface area contributed by atoms with E-state index in [1.54, 1.807) is 0 Å². The zero-order valence-electron chi connectivity index (χ0n) is 6.50. The second-order valence-electron chi connectivity index (χ2n) is 3.12. The Morgan fingerprint density at radius 2 is 1.78 bits per heavy atom. The van der Waals surface area contributed by atoms with Gasteiger partial charge in [-0.15, -0.1) is 0 Å². The van der Waals surface area contributed by atoms with Crippen molar-refractivity contribution in [3.05, 3.63) is 11.3 Å². The van der Waals surface area contributed by atoms with Crippen molar-refractivity contribution >= 4 is 0 Å². The molecule has 52 valence electrons. The van der Waals surface area contributed by atoms with Gasteiger partial charge in [0.05, 0.1) is 5.54 Å². The Labute approximate surface area is 56.3 Å². The minimum Gasteiger partial charge on any atom is -0.325 e. The maximum absolute atomic E-state index is 3.17. The van der Waals surface area contributed by atoms with Gasteiger partial charge in [-0.05, 0) is 33.3 Å². The van der Waals surface area contributed by atoms with Gasteiger partial charge in [0.2, 0.25) is 0 Å². The molecule has 0 amide bonds. The monoisotopic (exact) mass is 126 g/mol.